The monoisotopic (exact) mass is 450 g/mol. The lowest BCUT2D eigenvalue weighted by molar-refractivity contribution is -0.165. The van der Waals surface area contributed by atoms with Gasteiger partial charge in [-0.3, -0.25) is 0 Å². The van der Waals surface area contributed by atoms with E-state index in [1.807, 2.05) is 41.5 Å². The van der Waals surface area contributed by atoms with Gasteiger partial charge in [0.25, 0.3) is 0 Å². The number of ether oxygens (including phenoxy) is 1. The van der Waals surface area contributed by atoms with Crippen LogP contribution in [-0.4, -0.2) is 35.8 Å². The van der Waals surface area contributed by atoms with Crippen molar-refractivity contribution in [1.82, 2.24) is 0 Å². The SMILES string of the molecule is CC(C)(C)C1C=C(N=C=O)C=CC1(N=C=O)OC1(N=C=O)C=CC(N=C=O)=CC1C(C)(C)C. The lowest BCUT2D eigenvalue weighted by Gasteiger charge is -2.49. The van der Waals surface area contributed by atoms with Crippen LogP contribution in [0.5, 0.6) is 0 Å². The summed E-state index contributed by atoms with van der Waals surface area (Å²) in [4.78, 5) is 60.2. The molecule has 33 heavy (non-hydrogen) atoms. The summed E-state index contributed by atoms with van der Waals surface area (Å²) in [6, 6.07) is 0. The molecule has 2 aliphatic rings. The van der Waals surface area contributed by atoms with E-state index in [1.54, 1.807) is 24.3 Å². The van der Waals surface area contributed by atoms with E-state index in [-0.39, 0.29) is 0 Å². The van der Waals surface area contributed by atoms with Crippen molar-refractivity contribution in [3.8, 4) is 0 Å². The lowest BCUT2D eigenvalue weighted by Crippen LogP contribution is -2.54. The fraction of sp³-hybridized carbons (Fsp3) is 0.500. The third kappa shape index (κ3) is 5.44. The Kier molecular flexibility index (Phi) is 7.41. The van der Waals surface area contributed by atoms with Crippen LogP contribution >= 0.6 is 0 Å². The number of carbonyl (C=O) groups excluding carboxylic acids is 4. The minimum Gasteiger partial charge on any atom is -0.316 e. The van der Waals surface area contributed by atoms with Gasteiger partial charge in [-0.2, -0.15) is 20.0 Å². The molecular formula is C24H26N4O5. The van der Waals surface area contributed by atoms with E-state index in [1.165, 1.54) is 36.5 Å². The van der Waals surface area contributed by atoms with Crippen LogP contribution < -0.4 is 0 Å². The quantitative estimate of drug-likeness (QED) is 0.447. The molecule has 0 aliphatic heterocycles. The van der Waals surface area contributed by atoms with Gasteiger partial charge < -0.3 is 4.74 Å². The van der Waals surface area contributed by atoms with Crippen LogP contribution in [0.2, 0.25) is 0 Å². The van der Waals surface area contributed by atoms with Crippen molar-refractivity contribution in [1.29, 1.82) is 0 Å². The first kappa shape index (κ1) is 25.7. The molecule has 2 aliphatic carbocycles. The average Bonchev–Trinajstić information content (AvgIpc) is 2.70. The molecule has 9 nitrogen and oxygen atoms in total. The van der Waals surface area contributed by atoms with Gasteiger partial charge in [0.05, 0.1) is 11.4 Å². The van der Waals surface area contributed by atoms with Gasteiger partial charge in [-0.05, 0) is 47.3 Å². The molecule has 0 radical (unpaired) electrons. The first-order valence-corrected chi connectivity index (χ1v) is 10.2. The highest BCUT2D eigenvalue weighted by Gasteiger charge is 2.54. The highest BCUT2D eigenvalue weighted by molar-refractivity contribution is 5.46. The van der Waals surface area contributed by atoms with Crippen LogP contribution in [0.3, 0.4) is 0 Å². The Morgan fingerprint density at radius 3 is 1.33 bits per heavy atom. The Morgan fingerprint density at radius 1 is 0.697 bits per heavy atom. The Bertz CT molecular complexity index is 1020. The second-order valence-corrected chi connectivity index (χ2v) is 9.96. The van der Waals surface area contributed by atoms with Gasteiger partial charge in [-0.15, -0.1) is 0 Å². The fourth-order valence-corrected chi connectivity index (χ4v) is 4.16. The van der Waals surface area contributed by atoms with Gasteiger partial charge in [-0.1, -0.05) is 41.5 Å². The summed E-state index contributed by atoms with van der Waals surface area (Å²) in [5.41, 5.74) is -3.72. The van der Waals surface area contributed by atoms with E-state index in [2.05, 4.69) is 20.0 Å². The summed E-state index contributed by atoms with van der Waals surface area (Å²) in [7, 11) is 0. The molecule has 0 saturated heterocycles. The zero-order valence-corrected chi connectivity index (χ0v) is 19.4. The van der Waals surface area contributed by atoms with Crippen molar-refractivity contribution in [2.45, 2.75) is 53.0 Å². The normalized spacial score (nSPS) is 28.8. The summed E-state index contributed by atoms with van der Waals surface area (Å²) in [6.07, 6.45) is 15.4. The topological polar surface area (TPSA) is 127 Å². The Hall–Kier alpha value is -3.56. The minimum absolute atomic E-state index is 0.326. The molecule has 0 aromatic heterocycles. The van der Waals surface area contributed by atoms with Crippen LogP contribution in [0.1, 0.15) is 41.5 Å². The Balaban J connectivity index is 2.80. The van der Waals surface area contributed by atoms with Crippen LogP contribution in [-0.2, 0) is 23.9 Å². The van der Waals surface area contributed by atoms with E-state index in [4.69, 9.17) is 4.74 Å². The predicted octanol–water partition coefficient (Wildman–Crippen LogP) is 3.97. The number of hydrogen-bond acceptors (Lipinski definition) is 9. The minimum atomic E-state index is -1.64. The highest BCUT2D eigenvalue weighted by atomic mass is 16.5. The first-order valence-electron chi connectivity index (χ1n) is 10.2. The van der Waals surface area contributed by atoms with Crippen molar-refractivity contribution in [2.24, 2.45) is 42.6 Å². The van der Waals surface area contributed by atoms with Gasteiger partial charge in [0.2, 0.25) is 24.3 Å². The maximum absolute atomic E-state index is 11.6. The molecule has 0 fully saturated rings. The van der Waals surface area contributed by atoms with Crippen molar-refractivity contribution >= 4 is 24.3 Å². The molecule has 172 valence electrons. The van der Waals surface area contributed by atoms with Crippen molar-refractivity contribution in [3.63, 3.8) is 0 Å². The van der Waals surface area contributed by atoms with Crippen LogP contribution in [0.15, 0.2) is 67.8 Å². The molecule has 0 amide bonds. The van der Waals surface area contributed by atoms with Gasteiger partial charge >= 0.3 is 0 Å². The number of nitrogens with zero attached hydrogens (tertiary/aromatic N) is 4. The van der Waals surface area contributed by atoms with E-state index >= 15 is 0 Å². The van der Waals surface area contributed by atoms with Gasteiger partial charge in [-0.25, -0.2) is 19.2 Å². The second kappa shape index (κ2) is 9.51. The number of hydrogen-bond donors (Lipinski definition) is 0. The number of allylic oxidation sites excluding steroid dienone is 2. The molecule has 9 heteroatoms. The summed E-state index contributed by atoms with van der Waals surface area (Å²) >= 11 is 0. The molecule has 4 unspecified atom stereocenters. The molecule has 0 spiro atoms. The fourth-order valence-electron chi connectivity index (χ4n) is 4.16. The zero-order chi connectivity index (χ0) is 24.9. The van der Waals surface area contributed by atoms with E-state index in [0.29, 0.717) is 11.4 Å². The van der Waals surface area contributed by atoms with Crippen LogP contribution in [0.4, 0.5) is 0 Å². The second-order valence-electron chi connectivity index (χ2n) is 9.96. The van der Waals surface area contributed by atoms with Crippen LogP contribution in [0, 0.1) is 22.7 Å². The number of rotatable bonds is 6. The molecule has 4 atom stereocenters. The van der Waals surface area contributed by atoms with Gasteiger partial charge in [0.15, 0.2) is 11.4 Å². The van der Waals surface area contributed by atoms with Crippen molar-refractivity contribution < 1.29 is 23.9 Å². The van der Waals surface area contributed by atoms with Crippen molar-refractivity contribution in [2.75, 3.05) is 0 Å². The maximum atomic E-state index is 11.6. The Morgan fingerprint density at radius 2 is 1.06 bits per heavy atom. The third-order valence-corrected chi connectivity index (χ3v) is 5.54. The summed E-state index contributed by atoms with van der Waals surface area (Å²) in [5, 5.41) is 0. The molecule has 0 aromatic carbocycles. The van der Waals surface area contributed by atoms with E-state index in [0.717, 1.165) is 0 Å². The number of aliphatic imine (C=N–C) groups is 4. The van der Waals surface area contributed by atoms with Gasteiger partial charge in [0.1, 0.15) is 0 Å². The average molecular weight is 450 g/mol. The highest BCUT2D eigenvalue weighted by Crippen LogP contribution is 2.50. The molecular weight excluding hydrogens is 424 g/mol. The van der Waals surface area contributed by atoms with Gasteiger partial charge in [0, 0.05) is 11.8 Å². The molecule has 0 heterocycles. The number of isocyanates is 4. The Labute approximate surface area is 192 Å². The third-order valence-electron chi connectivity index (χ3n) is 5.54. The molecule has 0 bridgehead atoms. The van der Waals surface area contributed by atoms with E-state index in [9.17, 15) is 19.2 Å². The van der Waals surface area contributed by atoms with Crippen molar-refractivity contribution in [3.05, 3.63) is 47.9 Å². The smallest absolute Gasteiger partial charge is 0.240 e. The lowest BCUT2D eigenvalue weighted by atomic mass is 9.69. The molecule has 0 aromatic rings. The zero-order valence-electron chi connectivity index (χ0n) is 19.4. The first-order chi connectivity index (χ1) is 15.4. The molecule has 0 N–H and O–H groups in total. The largest absolute Gasteiger partial charge is 0.316 e. The maximum Gasteiger partial charge on any atom is 0.240 e. The standard InChI is InChI=1S/C24H26N4O5/c1-21(2,3)19-11-17(25-13-29)7-9-23(19,27-15-31)33-24(28-16-32)10-8-18(26-14-30)12-20(24)22(4,5)6/h7-12,19-20H,1-6H3. The summed E-state index contributed by atoms with van der Waals surface area (Å²) in [6.45, 7) is 11.4. The molecule has 2 rings (SSSR count). The predicted molar refractivity (Wildman–Crippen MR) is 119 cm³/mol. The molecule has 0 saturated carbocycles. The summed E-state index contributed by atoms with van der Waals surface area (Å²) in [5.74, 6) is -1.23. The van der Waals surface area contributed by atoms with E-state index < -0.39 is 34.1 Å². The summed E-state index contributed by atoms with van der Waals surface area (Å²) < 4.78 is 6.52. The van der Waals surface area contributed by atoms with Crippen LogP contribution in [0.25, 0.3) is 0 Å².